The fourth-order valence-corrected chi connectivity index (χ4v) is 2.58. The average Bonchev–Trinajstić information content (AvgIpc) is 3.20. The fraction of sp³-hybridized carbons (Fsp3) is 0.294. The van der Waals surface area contributed by atoms with E-state index in [0.29, 0.717) is 6.54 Å². The Balaban J connectivity index is 1.67. The summed E-state index contributed by atoms with van der Waals surface area (Å²) in [6, 6.07) is 10.0. The molecule has 0 saturated heterocycles. The second kappa shape index (κ2) is 6.58. The molecule has 22 heavy (non-hydrogen) atoms. The van der Waals surface area contributed by atoms with Crippen molar-refractivity contribution in [3.63, 3.8) is 0 Å². The molecular weight excluding hydrogens is 276 g/mol. The van der Waals surface area contributed by atoms with Crippen molar-refractivity contribution < 1.29 is 4.79 Å². The highest BCUT2D eigenvalue weighted by Crippen LogP contribution is 2.09. The van der Waals surface area contributed by atoms with Crippen molar-refractivity contribution in [2.45, 2.75) is 19.1 Å². The van der Waals surface area contributed by atoms with E-state index in [0.717, 1.165) is 18.9 Å². The van der Waals surface area contributed by atoms with Gasteiger partial charge in [-0.3, -0.25) is 10.1 Å². The number of aromatic nitrogens is 2. The molecule has 1 atom stereocenters. The molecule has 0 spiro atoms. The molecule has 2 aromatic rings. The molecule has 114 valence electrons. The second-order valence-electron chi connectivity index (χ2n) is 5.47. The number of carbonyl (C=O) groups excluding carboxylic acids is 1. The average molecular weight is 296 g/mol. The molecule has 0 aliphatic carbocycles. The summed E-state index contributed by atoms with van der Waals surface area (Å²) in [4.78, 5) is 18.4. The molecule has 3 rings (SSSR count). The lowest BCUT2D eigenvalue weighted by molar-refractivity contribution is -0.131. The number of nitrogens with one attached hydrogen (secondary N) is 1. The van der Waals surface area contributed by atoms with Crippen LogP contribution >= 0.6 is 0 Å². The van der Waals surface area contributed by atoms with E-state index in [1.165, 1.54) is 5.56 Å². The van der Waals surface area contributed by atoms with Gasteiger partial charge in [0.05, 0.1) is 6.54 Å². The molecule has 5 nitrogen and oxygen atoms in total. The highest BCUT2D eigenvalue weighted by Gasteiger charge is 2.22. The molecule has 1 aromatic heterocycles. The van der Waals surface area contributed by atoms with Gasteiger partial charge in [-0.25, -0.2) is 4.98 Å². The summed E-state index contributed by atoms with van der Waals surface area (Å²) in [5.41, 5.74) is 1.22. The largest absolute Gasteiger partial charge is 0.337 e. The topological polar surface area (TPSA) is 50.2 Å². The lowest BCUT2D eigenvalue weighted by Crippen LogP contribution is -2.41. The van der Waals surface area contributed by atoms with E-state index in [4.69, 9.17) is 0 Å². The van der Waals surface area contributed by atoms with Crippen LogP contribution < -0.4 is 5.32 Å². The number of likely N-dealkylation sites (N-methyl/N-ethyl adjacent to an activating group) is 1. The zero-order valence-corrected chi connectivity index (χ0v) is 12.6. The summed E-state index contributed by atoms with van der Waals surface area (Å²) in [6.45, 7) is 2.03. The zero-order chi connectivity index (χ0) is 15.4. The summed E-state index contributed by atoms with van der Waals surface area (Å²) >= 11 is 0. The van der Waals surface area contributed by atoms with Crippen LogP contribution in [0.15, 0.2) is 54.9 Å². The number of nitrogens with zero attached hydrogens (tertiary/aromatic N) is 3. The number of amides is 1. The van der Waals surface area contributed by atoms with Crippen molar-refractivity contribution >= 4 is 5.91 Å². The Morgan fingerprint density at radius 3 is 2.95 bits per heavy atom. The van der Waals surface area contributed by atoms with Crippen molar-refractivity contribution in [3.8, 4) is 0 Å². The van der Waals surface area contributed by atoms with Gasteiger partial charge in [0.25, 0.3) is 0 Å². The van der Waals surface area contributed by atoms with E-state index < -0.39 is 0 Å². The summed E-state index contributed by atoms with van der Waals surface area (Å²) in [7, 11) is 1.82. The molecular formula is C17H20N4O. The zero-order valence-electron chi connectivity index (χ0n) is 12.6. The highest BCUT2D eigenvalue weighted by molar-refractivity contribution is 5.84. The molecule has 1 amide bonds. The predicted molar refractivity (Wildman–Crippen MR) is 85.2 cm³/mol. The van der Waals surface area contributed by atoms with E-state index in [2.05, 4.69) is 27.0 Å². The fourth-order valence-electron chi connectivity index (χ4n) is 2.58. The number of carbonyl (C=O) groups is 1. The lowest BCUT2D eigenvalue weighted by atomic mass is 10.2. The molecule has 5 heteroatoms. The molecule has 0 saturated carbocycles. The van der Waals surface area contributed by atoms with Gasteiger partial charge in [-0.1, -0.05) is 42.5 Å². The summed E-state index contributed by atoms with van der Waals surface area (Å²) in [5, 5.41) is 3.14. The van der Waals surface area contributed by atoms with Gasteiger partial charge in [0.15, 0.2) is 0 Å². The molecule has 1 aliphatic rings. The maximum Gasteiger partial charge on any atom is 0.243 e. The van der Waals surface area contributed by atoms with E-state index in [-0.39, 0.29) is 11.9 Å². The Bertz CT molecular complexity index is 662. The number of hydrogen-bond donors (Lipinski definition) is 1. The predicted octanol–water partition coefficient (Wildman–Crippen LogP) is 1.42. The van der Waals surface area contributed by atoms with Crippen LogP contribution in [0.25, 0.3) is 0 Å². The molecule has 0 unspecified atom stereocenters. The Hall–Kier alpha value is -2.40. The summed E-state index contributed by atoms with van der Waals surface area (Å²) in [5.74, 6) is 0.963. The Kier molecular flexibility index (Phi) is 4.34. The van der Waals surface area contributed by atoms with Crippen LogP contribution in [0, 0.1) is 0 Å². The second-order valence-corrected chi connectivity index (χ2v) is 5.47. The van der Waals surface area contributed by atoms with Crippen LogP contribution in [0.3, 0.4) is 0 Å². The smallest absolute Gasteiger partial charge is 0.243 e. The van der Waals surface area contributed by atoms with Crippen LogP contribution in [0.5, 0.6) is 0 Å². The minimum Gasteiger partial charge on any atom is -0.337 e. The van der Waals surface area contributed by atoms with Crippen LogP contribution in [0.4, 0.5) is 0 Å². The van der Waals surface area contributed by atoms with Crippen molar-refractivity contribution in [1.29, 1.82) is 0 Å². The Morgan fingerprint density at radius 2 is 2.23 bits per heavy atom. The van der Waals surface area contributed by atoms with E-state index in [1.54, 1.807) is 11.1 Å². The molecule has 0 bridgehead atoms. The van der Waals surface area contributed by atoms with Crippen molar-refractivity contribution in [2.75, 3.05) is 13.6 Å². The van der Waals surface area contributed by atoms with Gasteiger partial charge in [-0.15, -0.1) is 0 Å². The molecule has 2 heterocycles. The van der Waals surface area contributed by atoms with Crippen molar-refractivity contribution in [2.24, 2.45) is 0 Å². The first-order valence-electron chi connectivity index (χ1n) is 7.43. The van der Waals surface area contributed by atoms with Crippen molar-refractivity contribution in [1.82, 2.24) is 19.8 Å². The highest BCUT2D eigenvalue weighted by atomic mass is 16.2. The van der Waals surface area contributed by atoms with Gasteiger partial charge in [-0.2, -0.15) is 0 Å². The number of rotatable bonds is 5. The van der Waals surface area contributed by atoms with Crippen LogP contribution in [-0.4, -0.2) is 40.0 Å². The van der Waals surface area contributed by atoms with E-state index in [1.807, 2.05) is 43.6 Å². The van der Waals surface area contributed by atoms with Crippen LogP contribution in [0.2, 0.25) is 0 Å². The van der Waals surface area contributed by atoms with Gasteiger partial charge in [0.1, 0.15) is 11.9 Å². The number of imidazole rings is 1. The van der Waals surface area contributed by atoms with Crippen LogP contribution in [-0.2, 0) is 17.9 Å². The van der Waals surface area contributed by atoms with E-state index in [9.17, 15) is 4.79 Å². The Morgan fingerprint density at radius 1 is 1.41 bits per heavy atom. The standard InChI is InChI=1S/C17H20N4O/c1-20(17(22)15-8-5-9-18-15)13-16-19-10-11-21(16)12-14-6-3-2-4-7-14/h2-8,10-11,15,18H,9,12-13H2,1H3/t15-/m0/s1. The van der Waals surface area contributed by atoms with Crippen LogP contribution in [0.1, 0.15) is 11.4 Å². The van der Waals surface area contributed by atoms with Gasteiger partial charge >= 0.3 is 0 Å². The maximum atomic E-state index is 12.3. The number of hydrogen-bond acceptors (Lipinski definition) is 3. The third-order valence-electron chi connectivity index (χ3n) is 3.80. The first-order chi connectivity index (χ1) is 10.7. The minimum atomic E-state index is -0.206. The van der Waals surface area contributed by atoms with E-state index >= 15 is 0 Å². The summed E-state index contributed by atoms with van der Waals surface area (Å²) < 4.78 is 2.08. The first-order valence-corrected chi connectivity index (χ1v) is 7.43. The van der Waals surface area contributed by atoms with Gasteiger partial charge in [-0.05, 0) is 5.56 Å². The minimum absolute atomic E-state index is 0.0722. The molecule has 1 aliphatic heterocycles. The van der Waals surface area contributed by atoms with Crippen molar-refractivity contribution in [3.05, 3.63) is 66.3 Å². The molecule has 0 fully saturated rings. The molecule has 1 aromatic carbocycles. The first kappa shape index (κ1) is 14.5. The summed E-state index contributed by atoms with van der Waals surface area (Å²) in [6.07, 6.45) is 7.63. The third-order valence-corrected chi connectivity index (χ3v) is 3.80. The monoisotopic (exact) mass is 296 g/mol. The maximum absolute atomic E-state index is 12.3. The van der Waals surface area contributed by atoms with Gasteiger partial charge in [0, 0.05) is 32.5 Å². The molecule has 0 radical (unpaired) electrons. The SMILES string of the molecule is CN(Cc1nccn1Cc1ccccc1)C(=O)[C@@H]1C=CCN1. The molecule has 1 N–H and O–H groups in total. The van der Waals surface area contributed by atoms with Gasteiger partial charge in [0.2, 0.25) is 5.91 Å². The van der Waals surface area contributed by atoms with Gasteiger partial charge < -0.3 is 9.47 Å². The quantitative estimate of drug-likeness (QED) is 0.849. The Labute approximate surface area is 130 Å². The number of benzene rings is 1. The third kappa shape index (κ3) is 3.26. The normalized spacial score (nSPS) is 16.9. The lowest BCUT2D eigenvalue weighted by Gasteiger charge is -2.21.